The van der Waals surface area contributed by atoms with Crippen molar-refractivity contribution in [1.82, 2.24) is 4.90 Å². The molecule has 25 heavy (non-hydrogen) atoms. The van der Waals surface area contributed by atoms with Crippen molar-refractivity contribution in [3.8, 4) is 0 Å². The van der Waals surface area contributed by atoms with Crippen LogP contribution in [0.4, 0.5) is 0 Å². The van der Waals surface area contributed by atoms with Crippen molar-refractivity contribution < 1.29 is 14.3 Å². The number of nitrogens with zero attached hydrogens (tertiary/aromatic N) is 1. The van der Waals surface area contributed by atoms with Crippen molar-refractivity contribution >= 4 is 5.78 Å². The Morgan fingerprint density at radius 3 is 2.68 bits per heavy atom. The molecule has 0 aromatic heterocycles. The van der Waals surface area contributed by atoms with Gasteiger partial charge in [-0.3, -0.25) is 9.69 Å². The molecule has 4 nitrogen and oxygen atoms in total. The number of ether oxygens (including phenoxy) is 2. The van der Waals surface area contributed by atoms with Crippen LogP contribution in [0.1, 0.15) is 52.0 Å². The molecule has 1 aromatic rings. The molecule has 0 amide bonds. The Morgan fingerprint density at radius 2 is 1.96 bits per heavy atom. The number of ketones is 1. The summed E-state index contributed by atoms with van der Waals surface area (Å²) < 4.78 is 12.0. The van der Waals surface area contributed by atoms with Crippen LogP contribution in [0.2, 0.25) is 0 Å². The van der Waals surface area contributed by atoms with Crippen LogP contribution in [0, 0.1) is 5.41 Å². The van der Waals surface area contributed by atoms with Gasteiger partial charge in [-0.2, -0.15) is 0 Å². The van der Waals surface area contributed by atoms with Crippen molar-refractivity contribution in [3.05, 3.63) is 35.9 Å². The predicted octanol–water partition coefficient (Wildman–Crippen LogP) is 3.79. The van der Waals surface area contributed by atoms with Gasteiger partial charge in [-0.15, -0.1) is 0 Å². The van der Waals surface area contributed by atoms with Gasteiger partial charge in [-0.25, -0.2) is 0 Å². The van der Waals surface area contributed by atoms with Crippen LogP contribution in [0.3, 0.4) is 0 Å². The van der Waals surface area contributed by atoms with Crippen molar-refractivity contribution in [2.24, 2.45) is 5.41 Å². The standard InChI is InChI=1S/C21H31NO3/c1-21(2,3)20-24-12-10-19(25-20)14-17-13-18(23)9-11-22(17)15-16-7-5-4-6-8-16/h4-8,17,19-20H,9-15H2,1-3H3/t17-,19-,20-/m0/s1. The van der Waals surface area contributed by atoms with Gasteiger partial charge in [-0.1, -0.05) is 51.1 Å². The van der Waals surface area contributed by atoms with Crippen LogP contribution < -0.4 is 0 Å². The Morgan fingerprint density at radius 1 is 1.20 bits per heavy atom. The molecule has 0 spiro atoms. The van der Waals surface area contributed by atoms with Crippen molar-refractivity contribution in [3.63, 3.8) is 0 Å². The van der Waals surface area contributed by atoms with Gasteiger partial charge in [0.2, 0.25) is 0 Å². The summed E-state index contributed by atoms with van der Waals surface area (Å²) in [7, 11) is 0. The Bertz CT molecular complexity index is 566. The third-order valence-electron chi connectivity index (χ3n) is 5.15. The molecule has 4 heteroatoms. The highest BCUT2D eigenvalue weighted by Gasteiger charge is 2.35. The molecule has 2 saturated heterocycles. The number of Topliss-reactive ketones (excluding diaryl/α,β-unsaturated/α-hetero) is 1. The van der Waals surface area contributed by atoms with E-state index < -0.39 is 0 Å². The Hall–Kier alpha value is -1.23. The highest BCUT2D eigenvalue weighted by atomic mass is 16.7. The summed E-state index contributed by atoms with van der Waals surface area (Å²) in [5.74, 6) is 0.383. The van der Waals surface area contributed by atoms with E-state index in [1.165, 1.54) is 5.56 Å². The van der Waals surface area contributed by atoms with Crippen LogP contribution in [-0.4, -0.2) is 42.3 Å². The molecule has 0 saturated carbocycles. The molecule has 0 N–H and O–H groups in total. The molecule has 3 rings (SSSR count). The largest absolute Gasteiger partial charge is 0.352 e. The smallest absolute Gasteiger partial charge is 0.162 e. The number of hydrogen-bond donors (Lipinski definition) is 0. The van der Waals surface area contributed by atoms with E-state index in [9.17, 15) is 4.79 Å². The van der Waals surface area contributed by atoms with Crippen LogP contribution in [0.25, 0.3) is 0 Å². The number of likely N-dealkylation sites (tertiary alicyclic amines) is 1. The molecule has 138 valence electrons. The molecule has 0 radical (unpaired) electrons. The molecule has 1 aromatic carbocycles. The monoisotopic (exact) mass is 345 g/mol. The molecular formula is C21H31NO3. The summed E-state index contributed by atoms with van der Waals surface area (Å²) in [6.07, 6.45) is 3.15. The summed E-state index contributed by atoms with van der Waals surface area (Å²) in [6.45, 7) is 8.94. The number of piperidine rings is 1. The van der Waals surface area contributed by atoms with Gasteiger partial charge in [0.25, 0.3) is 0 Å². The lowest BCUT2D eigenvalue weighted by Crippen LogP contribution is -2.47. The van der Waals surface area contributed by atoms with E-state index in [0.29, 0.717) is 18.6 Å². The van der Waals surface area contributed by atoms with E-state index in [0.717, 1.165) is 32.5 Å². The van der Waals surface area contributed by atoms with Gasteiger partial charge in [0.15, 0.2) is 6.29 Å². The van der Waals surface area contributed by atoms with E-state index in [4.69, 9.17) is 9.47 Å². The molecule has 0 aliphatic carbocycles. The quantitative estimate of drug-likeness (QED) is 0.832. The topological polar surface area (TPSA) is 38.8 Å². The normalized spacial score (nSPS) is 28.9. The van der Waals surface area contributed by atoms with E-state index in [1.807, 2.05) is 6.07 Å². The van der Waals surface area contributed by atoms with Gasteiger partial charge < -0.3 is 9.47 Å². The predicted molar refractivity (Wildman–Crippen MR) is 98.2 cm³/mol. The maximum atomic E-state index is 12.0. The van der Waals surface area contributed by atoms with Crippen molar-refractivity contribution in [2.45, 2.75) is 71.4 Å². The summed E-state index contributed by atoms with van der Waals surface area (Å²) in [5, 5.41) is 0. The van der Waals surface area contributed by atoms with Gasteiger partial charge in [0, 0.05) is 37.4 Å². The highest BCUT2D eigenvalue weighted by Crippen LogP contribution is 2.31. The van der Waals surface area contributed by atoms with Gasteiger partial charge in [0.1, 0.15) is 5.78 Å². The van der Waals surface area contributed by atoms with Gasteiger partial charge >= 0.3 is 0 Å². The van der Waals surface area contributed by atoms with Gasteiger partial charge in [0.05, 0.1) is 12.7 Å². The van der Waals surface area contributed by atoms with Gasteiger partial charge in [-0.05, 0) is 18.4 Å². The van der Waals surface area contributed by atoms with Crippen LogP contribution in [0.15, 0.2) is 30.3 Å². The molecule has 0 unspecified atom stereocenters. The first kappa shape index (κ1) is 18.6. The molecule has 2 aliphatic rings. The maximum Gasteiger partial charge on any atom is 0.162 e. The minimum atomic E-state index is -0.159. The minimum Gasteiger partial charge on any atom is -0.352 e. The zero-order valence-electron chi connectivity index (χ0n) is 15.7. The number of hydrogen-bond acceptors (Lipinski definition) is 4. The zero-order valence-corrected chi connectivity index (χ0v) is 15.7. The van der Waals surface area contributed by atoms with E-state index >= 15 is 0 Å². The lowest BCUT2D eigenvalue weighted by atomic mass is 9.92. The SMILES string of the molecule is CC(C)(C)[C@H]1OCC[C@@H](C[C@@H]2CC(=O)CCN2Cc2ccccc2)O1. The van der Waals surface area contributed by atoms with E-state index in [-0.39, 0.29) is 23.9 Å². The second-order valence-electron chi connectivity index (χ2n) is 8.45. The maximum absolute atomic E-state index is 12.0. The Balaban J connectivity index is 1.64. The first-order valence-corrected chi connectivity index (χ1v) is 9.48. The van der Waals surface area contributed by atoms with Crippen molar-refractivity contribution in [1.29, 1.82) is 0 Å². The molecule has 2 heterocycles. The van der Waals surface area contributed by atoms with Crippen LogP contribution in [0.5, 0.6) is 0 Å². The summed E-state index contributed by atoms with van der Waals surface area (Å²) in [6, 6.07) is 10.8. The minimum absolute atomic E-state index is 0.0230. The number of benzene rings is 1. The van der Waals surface area contributed by atoms with Crippen LogP contribution in [-0.2, 0) is 20.8 Å². The number of rotatable bonds is 4. The lowest BCUT2D eigenvalue weighted by Gasteiger charge is -2.41. The third-order valence-corrected chi connectivity index (χ3v) is 5.15. The lowest BCUT2D eigenvalue weighted by molar-refractivity contribution is -0.255. The molecule has 2 aliphatic heterocycles. The number of carbonyl (C=O) groups excluding carboxylic acids is 1. The summed E-state index contributed by atoms with van der Waals surface area (Å²) >= 11 is 0. The number of carbonyl (C=O) groups is 1. The Kier molecular flexibility index (Phi) is 5.92. The fraction of sp³-hybridized carbons (Fsp3) is 0.667. The van der Waals surface area contributed by atoms with E-state index in [1.54, 1.807) is 0 Å². The second-order valence-corrected chi connectivity index (χ2v) is 8.45. The zero-order chi connectivity index (χ0) is 17.9. The molecular weight excluding hydrogens is 314 g/mol. The highest BCUT2D eigenvalue weighted by molar-refractivity contribution is 5.80. The molecule has 3 atom stereocenters. The average molecular weight is 345 g/mol. The van der Waals surface area contributed by atoms with Crippen molar-refractivity contribution in [2.75, 3.05) is 13.2 Å². The second kappa shape index (κ2) is 7.98. The molecule has 0 bridgehead atoms. The fourth-order valence-electron chi connectivity index (χ4n) is 3.72. The molecule has 2 fully saturated rings. The average Bonchev–Trinajstić information content (AvgIpc) is 2.58. The first-order valence-electron chi connectivity index (χ1n) is 9.48. The van der Waals surface area contributed by atoms with Crippen LogP contribution >= 0.6 is 0 Å². The third kappa shape index (κ3) is 5.13. The fourth-order valence-corrected chi connectivity index (χ4v) is 3.72. The Labute approximate surface area is 151 Å². The first-order chi connectivity index (χ1) is 11.9. The summed E-state index contributed by atoms with van der Waals surface area (Å²) in [4.78, 5) is 14.5. The summed E-state index contributed by atoms with van der Waals surface area (Å²) in [5.41, 5.74) is 1.28. The van der Waals surface area contributed by atoms with E-state index in [2.05, 4.69) is 49.9 Å².